The Morgan fingerprint density at radius 1 is 0.545 bits per heavy atom. The minimum absolute atomic E-state index is 1.12. The van der Waals surface area contributed by atoms with E-state index in [9.17, 15) is 0 Å². The lowest BCUT2D eigenvalue weighted by Gasteiger charge is -2.07. The largest absolute Gasteiger partial charge is 0.0856 e. The summed E-state index contributed by atoms with van der Waals surface area (Å²) in [5.41, 5.74) is 5.87. The first-order chi connectivity index (χ1) is 10.3. The van der Waals surface area contributed by atoms with E-state index in [1.165, 1.54) is 48.0 Å². The second-order valence-corrected chi connectivity index (χ2v) is 7.11. The van der Waals surface area contributed by atoms with E-state index in [-0.39, 0.29) is 0 Å². The SMILES string of the molecule is C[C](C/C=C(\C)CCC=C(C)C)C/C=C(\C)CCC=C(C)C. The standard InChI is InChI=1S/C22H37/c1-18(2)10-8-12-20(5)14-16-22(7)17-15-21(6)13-9-11-19(3)4/h10-11,14-15H,8-9,12-13,16-17H2,1-7H3/b20-14+,21-15+. The summed E-state index contributed by atoms with van der Waals surface area (Å²) in [6, 6.07) is 0. The van der Waals surface area contributed by atoms with Crippen LogP contribution in [-0.2, 0) is 0 Å². The minimum Gasteiger partial charge on any atom is -0.0856 e. The van der Waals surface area contributed by atoms with Crippen LogP contribution in [0.1, 0.15) is 87.0 Å². The van der Waals surface area contributed by atoms with Gasteiger partial charge in [0.15, 0.2) is 0 Å². The Morgan fingerprint density at radius 3 is 1.23 bits per heavy atom. The van der Waals surface area contributed by atoms with Crippen molar-refractivity contribution in [3.8, 4) is 0 Å². The Balaban J connectivity index is 4.04. The first-order valence-electron chi connectivity index (χ1n) is 8.70. The van der Waals surface area contributed by atoms with E-state index in [1.807, 2.05) is 0 Å². The van der Waals surface area contributed by atoms with Gasteiger partial charge in [0.2, 0.25) is 0 Å². The van der Waals surface area contributed by atoms with Crippen molar-refractivity contribution in [3.05, 3.63) is 52.5 Å². The van der Waals surface area contributed by atoms with E-state index < -0.39 is 0 Å². The van der Waals surface area contributed by atoms with Crippen molar-refractivity contribution in [3.63, 3.8) is 0 Å². The zero-order valence-electron chi connectivity index (χ0n) is 16.1. The molecule has 1 radical (unpaired) electrons. The summed E-state index contributed by atoms with van der Waals surface area (Å²) in [5.74, 6) is 1.56. The van der Waals surface area contributed by atoms with E-state index in [4.69, 9.17) is 0 Å². The molecule has 0 amide bonds. The molecule has 0 bridgehead atoms. The molecule has 0 aromatic rings. The third-order valence-electron chi connectivity index (χ3n) is 3.78. The van der Waals surface area contributed by atoms with Crippen molar-refractivity contribution in [2.75, 3.05) is 0 Å². The highest BCUT2D eigenvalue weighted by Crippen LogP contribution is 2.17. The van der Waals surface area contributed by atoms with Gasteiger partial charge in [-0.25, -0.2) is 0 Å². The van der Waals surface area contributed by atoms with Crippen molar-refractivity contribution in [2.24, 2.45) is 0 Å². The molecule has 125 valence electrons. The van der Waals surface area contributed by atoms with Gasteiger partial charge >= 0.3 is 0 Å². The molecule has 0 aromatic carbocycles. The van der Waals surface area contributed by atoms with Gasteiger partial charge in [0.05, 0.1) is 0 Å². The lowest BCUT2D eigenvalue weighted by Crippen LogP contribution is -1.90. The first-order valence-corrected chi connectivity index (χ1v) is 8.70. The van der Waals surface area contributed by atoms with E-state index in [1.54, 1.807) is 5.92 Å². The highest BCUT2D eigenvalue weighted by Gasteiger charge is 2.00. The maximum atomic E-state index is 2.40. The molecule has 0 aliphatic carbocycles. The summed E-state index contributed by atoms with van der Waals surface area (Å²) in [7, 11) is 0. The molecule has 0 aliphatic rings. The molecule has 0 N–H and O–H groups in total. The molecular formula is C22H37. The molecule has 0 rings (SSSR count). The van der Waals surface area contributed by atoms with Crippen LogP contribution in [0.5, 0.6) is 0 Å². The average Bonchev–Trinajstić information content (AvgIpc) is 2.42. The molecule has 0 atom stereocenters. The van der Waals surface area contributed by atoms with Gasteiger partial charge in [0.1, 0.15) is 0 Å². The van der Waals surface area contributed by atoms with Crippen molar-refractivity contribution in [1.82, 2.24) is 0 Å². The topological polar surface area (TPSA) is 0 Å². The van der Waals surface area contributed by atoms with Gasteiger partial charge in [-0.2, -0.15) is 0 Å². The summed E-state index contributed by atoms with van der Waals surface area (Å²) >= 11 is 0. The molecule has 0 aliphatic heterocycles. The molecular weight excluding hydrogens is 264 g/mol. The first kappa shape index (κ1) is 21.0. The summed E-state index contributed by atoms with van der Waals surface area (Å²) in [6.45, 7) is 15.5. The van der Waals surface area contributed by atoms with Crippen molar-refractivity contribution < 1.29 is 0 Å². The molecule has 0 heterocycles. The molecule has 0 nitrogen and oxygen atoms in total. The molecule has 0 saturated heterocycles. The van der Waals surface area contributed by atoms with Crippen LogP contribution in [0.25, 0.3) is 0 Å². The van der Waals surface area contributed by atoms with Crippen LogP contribution in [0.15, 0.2) is 46.6 Å². The molecule has 0 unspecified atom stereocenters. The number of rotatable bonds is 10. The second kappa shape index (κ2) is 12.5. The fourth-order valence-electron chi connectivity index (χ4n) is 2.16. The van der Waals surface area contributed by atoms with Gasteiger partial charge in [-0.05, 0) is 86.0 Å². The van der Waals surface area contributed by atoms with Gasteiger partial charge in [0.25, 0.3) is 0 Å². The van der Waals surface area contributed by atoms with Crippen molar-refractivity contribution in [2.45, 2.75) is 87.0 Å². The molecule has 0 spiro atoms. The highest BCUT2D eigenvalue weighted by atomic mass is 14.1. The molecule has 22 heavy (non-hydrogen) atoms. The van der Waals surface area contributed by atoms with Gasteiger partial charge < -0.3 is 0 Å². The molecule has 0 aromatic heterocycles. The average molecular weight is 302 g/mol. The Kier molecular flexibility index (Phi) is 11.9. The van der Waals surface area contributed by atoms with Gasteiger partial charge in [-0.1, -0.05) is 53.5 Å². The third-order valence-corrected chi connectivity index (χ3v) is 3.78. The van der Waals surface area contributed by atoms with Crippen LogP contribution in [0.3, 0.4) is 0 Å². The summed E-state index contributed by atoms with van der Waals surface area (Å²) < 4.78 is 0. The lowest BCUT2D eigenvalue weighted by atomic mass is 9.98. The number of allylic oxidation sites excluding steroid dienone is 8. The molecule has 0 saturated carbocycles. The van der Waals surface area contributed by atoms with Crippen molar-refractivity contribution in [1.29, 1.82) is 0 Å². The van der Waals surface area contributed by atoms with E-state index in [2.05, 4.69) is 72.8 Å². The quantitative estimate of drug-likeness (QED) is 0.362. The van der Waals surface area contributed by atoms with Gasteiger partial charge in [-0.15, -0.1) is 0 Å². The van der Waals surface area contributed by atoms with Crippen LogP contribution in [0, 0.1) is 5.92 Å². The predicted octanol–water partition coefficient (Wildman–Crippen LogP) is 7.75. The maximum Gasteiger partial charge on any atom is -0.0197 e. The van der Waals surface area contributed by atoms with E-state index in [0.717, 1.165) is 12.8 Å². The van der Waals surface area contributed by atoms with Crippen LogP contribution >= 0.6 is 0 Å². The Labute approximate surface area is 140 Å². The monoisotopic (exact) mass is 301 g/mol. The van der Waals surface area contributed by atoms with Crippen LogP contribution in [0.2, 0.25) is 0 Å². The van der Waals surface area contributed by atoms with E-state index >= 15 is 0 Å². The second-order valence-electron chi connectivity index (χ2n) is 7.11. The fraction of sp³-hybridized carbons (Fsp3) is 0.591. The third kappa shape index (κ3) is 13.9. The molecule has 0 heteroatoms. The minimum atomic E-state index is 1.12. The Morgan fingerprint density at radius 2 is 0.909 bits per heavy atom. The lowest BCUT2D eigenvalue weighted by molar-refractivity contribution is 0.870. The summed E-state index contributed by atoms with van der Waals surface area (Å²) in [6.07, 6.45) is 16.4. The number of hydrogen-bond donors (Lipinski definition) is 0. The maximum absolute atomic E-state index is 2.40. The number of hydrogen-bond acceptors (Lipinski definition) is 0. The van der Waals surface area contributed by atoms with Gasteiger partial charge in [-0.3, -0.25) is 0 Å². The Hall–Kier alpha value is -1.04. The van der Waals surface area contributed by atoms with Crippen molar-refractivity contribution >= 4 is 0 Å². The zero-order valence-corrected chi connectivity index (χ0v) is 16.1. The highest BCUT2D eigenvalue weighted by molar-refractivity contribution is 5.10. The fourth-order valence-corrected chi connectivity index (χ4v) is 2.16. The molecule has 0 fully saturated rings. The summed E-state index contributed by atoms with van der Waals surface area (Å²) in [5, 5.41) is 0. The smallest absolute Gasteiger partial charge is 0.0197 e. The predicted molar refractivity (Wildman–Crippen MR) is 103 cm³/mol. The Bertz CT molecular complexity index is 367. The zero-order chi connectivity index (χ0) is 17.0. The van der Waals surface area contributed by atoms with Crippen LogP contribution in [-0.4, -0.2) is 0 Å². The van der Waals surface area contributed by atoms with Crippen LogP contribution < -0.4 is 0 Å². The normalized spacial score (nSPS) is 12.5. The van der Waals surface area contributed by atoms with E-state index in [0.29, 0.717) is 0 Å². The summed E-state index contributed by atoms with van der Waals surface area (Å²) in [4.78, 5) is 0. The van der Waals surface area contributed by atoms with Crippen LogP contribution in [0.4, 0.5) is 0 Å². The van der Waals surface area contributed by atoms with Gasteiger partial charge in [0, 0.05) is 0 Å².